The topological polar surface area (TPSA) is 93.4 Å². The van der Waals surface area contributed by atoms with Gasteiger partial charge in [0.1, 0.15) is 5.75 Å². The minimum absolute atomic E-state index is 0.170. The third kappa shape index (κ3) is 2.93. The van der Waals surface area contributed by atoms with Crippen LogP contribution in [0, 0.1) is 0 Å². The minimum atomic E-state index is -0.170. The Balaban J connectivity index is 1.71. The first-order valence-corrected chi connectivity index (χ1v) is 6.96. The molecule has 0 bridgehead atoms. The Labute approximate surface area is 128 Å². The fraction of sp³-hybridized carbons (Fsp3) is 0.267. The number of carbonyl (C=O) groups is 1. The van der Waals surface area contributed by atoms with Crippen molar-refractivity contribution in [3.63, 3.8) is 0 Å². The molecule has 1 aliphatic heterocycles. The van der Waals surface area contributed by atoms with Crippen LogP contribution in [-0.4, -0.2) is 34.6 Å². The van der Waals surface area contributed by atoms with Crippen LogP contribution < -0.4 is 15.8 Å². The summed E-state index contributed by atoms with van der Waals surface area (Å²) in [6.07, 6.45) is 2.45. The van der Waals surface area contributed by atoms with E-state index in [9.17, 15) is 4.79 Å². The molecule has 0 unspecified atom stereocenters. The van der Waals surface area contributed by atoms with E-state index in [2.05, 4.69) is 15.3 Å². The number of carbonyl (C=O) groups excluding carboxylic acids is 1. The van der Waals surface area contributed by atoms with Crippen LogP contribution in [0.1, 0.15) is 11.3 Å². The molecule has 7 nitrogen and oxygen atoms in total. The number of nitrogens with zero attached hydrogens (tertiary/aromatic N) is 3. The zero-order chi connectivity index (χ0) is 15.5. The van der Waals surface area contributed by atoms with Gasteiger partial charge >= 0.3 is 6.03 Å². The van der Waals surface area contributed by atoms with Gasteiger partial charge in [0, 0.05) is 24.5 Å². The summed E-state index contributed by atoms with van der Waals surface area (Å²) in [4.78, 5) is 22.3. The first kappa shape index (κ1) is 14.1. The Morgan fingerprint density at radius 1 is 1.45 bits per heavy atom. The third-order valence-electron chi connectivity index (χ3n) is 3.57. The predicted molar refractivity (Wildman–Crippen MR) is 82.6 cm³/mol. The Bertz CT molecular complexity index is 704. The Morgan fingerprint density at radius 2 is 2.32 bits per heavy atom. The van der Waals surface area contributed by atoms with E-state index in [4.69, 9.17) is 10.5 Å². The predicted octanol–water partition coefficient (Wildman–Crippen LogP) is 1.66. The van der Waals surface area contributed by atoms with Crippen molar-refractivity contribution in [2.24, 2.45) is 0 Å². The molecule has 0 saturated heterocycles. The lowest BCUT2D eigenvalue weighted by atomic mass is 10.1. The number of nitrogens with two attached hydrogens (primary N) is 1. The number of benzene rings is 1. The number of urea groups is 1. The first-order valence-electron chi connectivity index (χ1n) is 6.96. The molecule has 0 radical (unpaired) electrons. The minimum Gasteiger partial charge on any atom is -0.497 e. The molecule has 3 N–H and O–H groups in total. The molecular formula is C15H17N5O2. The number of hydrogen-bond donors (Lipinski definition) is 2. The van der Waals surface area contributed by atoms with Crippen molar-refractivity contribution in [2.75, 3.05) is 24.7 Å². The zero-order valence-electron chi connectivity index (χ0n) is 12.2. The number of rotatable bonds is 2. The molecule has 1 aromatic heterocycles. The largest absolute Gasteiger partial charge is 0.497 e. The monoisotopic (exact) mass is 299 g/mol. The Kier molecular flexibility index (Phi) is 3.78. The second-order valence-corrected chi connectivity index (χ2v) is 5.03. The maximum Gasteiger partial charge on any atom is 0.322 e. The average Bonchev–Trinajstić information content (AvgIpc) is 2.54. The molecule has 0 fully saturated rings. The van der Waals surface area contributed by atoms with E-state index in [0.717, 1.165) is 17.7 Å². The van der Waals surface area contributed by atoms with Gasteiger partial charge in [-0.25, -0.2) is 14.8 Å². The van der Waals surface area contributed by atoms with Crippen molar-refractivity contribution in [1.29, 1.82) is 0 Å². The highest BCUT2D eigenvalue weighted by atomic mass is 16.5. The van der Waals surface area contributed by atoms with Crippen molar-refractivity contribution in [3.05, 3.63) is 41.7 Å². The van der Waals surface area contributed by atoms with Crippen LogP contribution in [0.4, 0.5) is 16.4 Å². The summed E-state index contributed by atoms with van der Waals surface area (Å²) < 4.78 is 5.15. The van der Waals surface area contributed by atoms with Gasteiger partial charge in [-0.1, -0.05) is 6.07 Å². The lowest BCUT2D eigenvalue weighted by molar-refractivity contribution is 0.205. The molecule has 0 atom stereocenters. The van der Waals surface area contributed by atoms with Gasteiger partial charge in [-0.2, -0.15) is 0 Å². The van der Waals surface area contributed by atoms with Gasteiger partial charge in [0.25, 0.3) is 0 Å². The van der Waals surface area contributed by atoms with Gasteiger partial charge in [0.2, 0.25) is 5.95 Å². The number of anilines is 2. The van der Waals surface area contributed by atoms with Crippen LogP contribution in [0.5, 0.6) is 5.75 Å². The van der Waals surface area contributed by atoms with Crippen LogP contribution in [0.3, 0.4) is 0 Å². The molecule has 2 amide bonds. The van der Waals surface area contributed by atoms with E-state index >= 15 is 0 Å². The van der Waals surface area contributed by atoms with E-state index in [1.807, 2.05) is 18.2 Å². The van der Waals surface area contributed by atoms with E-state index in [-0.39, 0.29) is 12.0 Å². The molecule has 7 heteroatoms. The van der Waals surface area contributed by atoms with Crippen molar-refractivity contribution in [1.82, 2.24) is 14.9 Å². The second-order valence-electron chi connectivity index (χ2n) is 5.03. The SMILES string of the molecule is COc1cccc(NC(=O)N2CCc3cnc(N)nc3C2)c1. The maximum absolute atomic E-state index is 12.4. The van der Waals surface area contributed by atoms with Crippen molar-refractivity contribution in [3.8, 4) is 5.75 Å². The lowest BCUT2D eigenvalue weighted by Gasteiger charge is -2.28. The molecule has 114 valence electrons. The van der Waals surface area contributed by atoms with Gasteiger partial charge in [-0.3, -0.25) is 0 Å². The van der Waals surface area contributed by atoms with E-state index < -0.39 is 0 Å². The highest BCUT2D eigenvalue weighted by Gasteiger charge is 2.22. The number of aromatic nitrogens is 2. The fourth-order valence-electron chi connectivity index (χ4n) is 2.40. The highest BCUT2D eigenvalue weighted by molar-refractivity contribution is 5.89. The van der Waals surface area contributed by atoms with Crippen LogP contribution in [0.25, 0.3) is 0 Å². The third-order valence-corrected chi connectivity index (χ3v) is 3.57. The molecule has 22 heavy (non-hydrogen) atoms. The Morgan fingerprint density at radius 3 is 3.14 bits per heavy atom. The number of ether oxygens (including phenoxy) is 1. The van der Waals surface area contributed by atoms with E-state index in [0.29, 0.717) is 24.5 Å². The molecule has 0 saturated carbocycles. The summed E-state index contributed by atoms with van der Waals surface area (Å²) in [5.74, 6) is 0.927. The fourth-order valence-corrected chi connectivity index (χ4v) is 2.40. The first-order chi connectivity index (χ1) is 10.7. The van der Waals surface area contributed by atoms with Gasteiger partial charge in [0.05, 0.1) is 19.3 Å². The number of nitrogen functional groups attached to an aromatic ring is 1. The van der Waals surface area contributed by atoms with Gasteiger partial charge in [0.15, 0.2) is 0 Å². The van der Waals surface area contributed by atoms with Crippen molar-refractivity contribution >= 4 is 17.7 Å². The number of nitrogens with one attached hydrogen (secondary N) is 1. The molecule has 3 rings (SSSR count). The van der Waals surface area contributed by atoms with E-state index in [1.165, 1.54) is 0 Å². The molecule has 2 aromatic rings. The second kappa shape index (κ2) is 5.88. The number of amides is 2. The molecule has 0 spiro atoms. The molecular weight excluding hydrogens is 282 g/mol. The quantitative estimate of drug-likeness (QED) is 0.879. The number of methoxy groups -OCH3 is 1. The van der Waals surface area contributed by atoms with Gasteiger partial charge < -0.3 is 20.7 Å². The number of hydrogen-bond acceptors (Lipinski definition) is 5. The summed E-state index contributed by atoms with van der Waals surface area (Å²) in [5.41, 5.74) is 8.14. The normalized spacial score (nSPS) is 13.4. The van der Waals surface area contributed by atoms with Gasteiger partial charge in [-0.15, -0.1) is 0 Å². The summed E-state index contributed by atoms with van der Waals surface area (Å²) in [5, 5.41) is 2.86. The molecule has 1 aromatic carbocycles. The Hall–Kier alpha value is -2.83. The van der Waals surface area contributed by atoms with Crippen LogP contribution in [-0.2, 0) is 13.0 Å². The van der Waals surface area contributed by atoms with Crippen molar-refractivity contribution < 1.29 is 9.53 Å². The lowest BCUT2D eigenvalue weighted by Crippen LogP contribution is -2.39. The van der Waals surface area contributed by atoms with Crippen molar-refractivity contribution in [2.45, 2.75) is 13.0 Å². The van der Waals surface area contributed by atoms with Gasteiger partial charge in [-0.05, 0) is 24.1 Å². The smallest absolute Gasteiger partial charge is 0.322 e. The molecule has 0 aliphatic carbocycles. The number of fused-ring (bicyclic) bond motifs is 1. The molecule has 2 heterocycles. The van der Waals surface area contributed by atoms with E-state index in [1.54, 1.807) is 24.3 Å². The highest BCUT2D eigenvalue weighted by Crippen LogP contribution is 2.20. The van der Waals surface area contributed by atoms with Crippen LogP contribution in [0.15, 0.2) is 30.5 Å². The standard InChI is InChI=1S/C15H17N5O2/c1-22-12-4-2-3-11(7-12)18-15(21)20-6-5-10-8-17-14(16)19-13(10)9-20/h2-4,7-8H,5-6,9H2,1H3,(H,18,21)(H2,16,17,19). The van der Waals surface area contributed by atoms with Crippen LogP contribution >= 0.6 is 0 Å². The average molecular weight is 299 g/mol. The summed E-state index contributed by atoms with van der Waals surface area (Å²) in [7, 11) is 1.59. The maximum atomic E-state index is 12.4. The summed E-state index contributed by atoms with van der Waals surface area (Å²) in [6, 6.07) is 7.07. The van der Waals surface area contributed by atoms with Crippen LogP contribution in [0.2, 0.25) is 0 Å². The molecule has 1 aliphatic rings. The zero-order valence-corrected chi connectivity index (χ0v) is 12.2. The summed E-state index contributed by atoms with van der Waals surface area (Å²) >= 11 is 0. The summed E-state index contributed by atoms with van der Waals surface area (Å²) in [6.45, 7) is 1.05.